The molecule has 2 aromatic rings. The molecule has 21 heavy (non-hydrogen) atoms. The molecule has 1 heterocycles. The first-order valence-electron chi connectivity index (χ1n) is 6.65. The van der Waals surface area contributed by atoms with Crippen molar-refractivity contribution in [1.29, 1.82) is 0 Å². The van der Waals surface area contributed by atoms with Crippen molar-refractivity contribution in [3.05, 3.63) is 53.6 Å². The van der Waals surface area contributed by atoms with Crippen LogP contribution in [0.25, 0.3) is 0 Å². The predicted molar refractivity (Wildman–Crippen MR) is 78.4 cm³/mol. The van der Waals surface area contributed by atoms with Crippen LogP contribution in [0.15, 0.2) is 36.5 Å². The lowest BCUT2D eigenvalue weighted by atomic mass is 10.2. The normalized spacial score (nSPS) is 10.2. The van der Waals surface area contributed by atoms with Gasteiger partial charge in [0.2, 0.25) is 0 Å². The molecule has 0 radical (unpaired) electrons. The highest BCUT2D eigenvalue weighted by Crippen LogP contribution is 2.16. The molecular weight excluding hydrogens is 268 g/mol. The van der Waals surface area contributed by atoms with Crippen molar-refractivity contribution in [2.75, 3.05) is 6.61 Å². The van der Waals surface area contributed by atoms with E-state index in [1.807, 2.05) is 18.2 Å². The van der Waals surface area contributed by atoms with Crippen molar-refractivity contribution < 1.29 is 9.53 Å². The third-order valence-electron chi connectivity index (χ3n) is 2.85. The van der Waals surface area contributed by atoms with Gasteiger partial charge in [0.25, 0.3) is 5.91 Å². The van der Waals surface area contributed by atoms with Crippen molar-refractivity contribution in [2.24, 2.45) is 5.73 Å². The van der Waals surface area contributed by atoms with Crippen LogP contribution in [-0.4, -0.2) is 22.5 Å². The highest BCUT2D eigenvalue weighted by molar-refractivity contribution is 5.77. The molecule has 0 aliphatic rings. The number of nitrogens with zero attached hydrogens (tertiary/aromatic N) is 2. The van der Waals surface area contributed by atoms with Crippen molar-refractivity contribution in [3.63, 3.8) is 0 Å². The summed E-state index contributed by atoms with van der Waals surface area (Å²) < 4.78 is 5.48. The number of carbonyl (C=O) groups excluding carboxylic acids is 1. The maximum Gasteiger partial charge on any atom is 0.258 e. The van der Waals surface area contributed by atoms with Crippen LogP contribution < -0.4 is 15.8 Å². The largest absolute Gasteiger partial charge is 0.483 e. The van der Waals surface area contributed by atoms with E-state index in [2.05, 4.69) is 15.3 Å². The molecule has 3 N–H and O–H groups in total. The van der Waals surface area contributed by atoms with E-state index in [4.69, 9.17) is 10.5 Å². The van der Waals surface area contributed by atoms with E-state index in [1.165, 1.54) is 0 Å². The first-order chi connectivity index (χ1) is 10.2. The molecule has 2 rings (SSSR count). The Hall–Kier alpha value is -2.47. The maximum absolute atomic E-state index is 11.8. The summed E-state index contributed by atoms with van der Waals surface area (Å²) in [4.78, 5) is 20.0. The second-order valence-corrected chi connectivity index (χ2v) is 4.47. The van der Waals surface area contributed by atoms with E-state index in [0.29, 0.717) is 24.7 Å². The number of hydrogen-bond donors (Lipinski definition) is 2. The van der Waals surface area contributed by atoms with E-state index in [1.54, 1.807) is 25.3 Å². The zero-order valence-electron chi connectivity index (χ0n) is 11.9. The zero-order chi connectivity index (χ0) is 15.1. The number of rotatable bonds is 6. The molecule has 0 saturated carbocycles. The summed E-state index contributed by atoms with van der Waals surface area (Å²) in [6.07, 6.45) is 1.66. The SMILES string of the molecule is Cc1nccc(CNC(=O)COc2ccccc2CN)n1. The van der Waals surface area contributed by atoms with Crippen molar-refractivity contribution in [3.8, 4) is 5.75 Å². The van der Waals surface area contributed by atoms with Gasteiger partial charge in [-0.05, 0) is 19.1 Å². The van der Waals surface area contributed by atoms with Crippen molar-refractivity contribution >= 4 is 5.91 Å². The Morgan fingerprint density at radius 3 is 2.90 bits per heavy atom. The van der Waals surface area contributed by atoms with Crippen LogP contribution in [0.2, 0.25) is 0 Å². The highest BCUT2D eigenvalue weighted by Gasteiger charge is 2.06. The summed E-state index contributed by atoms with van der Waals surface area (Å²) in [6.45, 7) is 2.47. The fourth-order valence-corrected chi connectivity index (χ4v) is 1.80. The fraction of sp³-hybridized carbons (Fsp3) is 0.267. The number of carbonyl (C=O) groups is 1. The van der Waals surface area contributed by atoms with E-state index in [-0.39, 0.29) is 12.5 Å². The standard InChI is InChI=1S/C15H18N4O2/c1-11-17-7-6-13(19-11)9-18-15(20)10-21-14-5-3-2-4-12(14)8-16/h2-7H,8-10,16H2,1H3,(H,18,20). The number of nitrogens with one attached hydrogen (secondary N) is 1. The molecule has 0 fully saturated rings. The van der Waals surface area contributed by atoms with Gasteiger partial charge in [-0.25, -0.2) is 9.97 Å². The first-order valence-corrected chi connectivity index (χ1v) is 6.65. The number of aryl methyl sites for hydroxylation is 1. The molecule has 1 aromatic heterocycles. The molecule has 6 nitrogen and oxygen atoms in total. The summed E-state index contributed by atoms with van der Waals surface area (Å²) in [6, 6.07) is 9.15. The van der Waals surface area contributed by atoms with Gasteiger partial charge in [0.1, 0.15) is 11.6 Å². The second-order valence-electron chi connectivity index (χ2n) is 4.47. The number of ether oxygens (including phenoxy) is 1. The second kappa shape index (κ2) is 7.35. The van der Waals surface area contributed by atoms with Crippen LogP contribution in [0.1, 0.15) is 17.1 Å². The molecule has 0 aliphatic carbocycles. The Labute approximate surface area is 123 Å². The molecule has 0 atom stereocenters. The number of amides is 1. The lowest BCUT2D eigenvalue weighted by molar-refractivity contribution is -0.123. The van der Waals surface area contributed by atoms with E-state index in [9.17, 15) is 4.79 Å². The molecular formula is C15H18N4O2. The van der Waals surface area contributed by atoms with Gasteiger partial charge in [-0.15, -0.1) is 0 Å². The molecule has 0 bridgehead atoms. The number of hydrogen-bond acceptors (Lipinski definition) is 5. The number of nitrogens with two attached hydrogens (primary N) is 1. The molecule has 6 heteroatoms. The Bertz CT molecular complexity index is 616. The topological polar surface area (TPSA) is 90.1 Å². The van der Waals surface area contributed by atoms with Gasteiger partial charge < -0.3 is 15.8 Å². The summed E-state index contributed by atoms with van der Waals surface area (Å²) in [7, 11) is 0. The van der Waals surface area contributed by atoms with Gasteiger partial charge in [0.15, 0.2) is 6.61 Å². The van der Waals surface area contributed by atoms with Crippen LogP contribution in [0.3, 0.4) is 0 Å². The van der Waals surface area contributed by atoms with Crippen LogP contribution >= 0.6 is 0 Å². The Balaban J connectivity index is 1.82. The minimum atomic E-state index is -0.210. The smallest absolute Gasteiger partial charge is 0.258 e. The Morgan fingerprint density at radius 2 is 2.14 bits per heavy atom. The van der Waals surface area contributed by atoms with Crippen molar-refractivity contribution in [1.82, 2.24) is 15.3 Å². The minimum Gasteiger partial charge on any atom is -0.483 e. The number of benzene rings is 1. The first kappa shape index (κ1) is 14.9. The van der Waals surface area contributed by atoms with Crippen LogP contribution in [0.5, 0.6) is 5.75 Å². The van der Waals surface area contributed by atoms with Gasteiger partial charge >= 0.3 is 0 Å². The lowest BCUT2D eigenvalue weighted by Crippen LogP contribution is -2.29. The van der Waals surface area contributed by atoms with Gasteiger partial charge in [0.05, 0.1) is 12.2 Å². The third-order valence-corrected chi connectivity index (χ3v) is 2.85. The average Bonchev–Trinajstić information content (AvgIpc) is 2.51. The molecule has 1 aromatic carbocycles. The monoisotopic (exact) mass is 286 g/mol. The van der Waals surface area contributed by atoms with Crippen LogP contribution in [-0.2, 0) is 17.9 Å². The molecule has 0 spiro atoms. The summed E-state index contributed by atoms with van der Waals surface area (Å²) in [5.74, 6) is 1.10. The molecule has 0 aliphatic heterocycles. The summed E-state index contributed by atoms with van der Waals surface area (Å²) in [5, 5.41) is 2.75. The van der Waals surface area contributed by atoms with Gasteiger partial charge in [-0.1, -0.05) is 18.2 Å². The van der Waals surface area contributed by atoms with Gasteiger partial charge in [0, 0.05) is 18.3 Å². The van der Waals surface area contributed by atoms with Crippen molar-refractivity contribution in [2.45, 2.75) is 20.0 Å². The maximum atomic E-state index is 11.8. The van der Waals surface area contributed by atoms with E-state index >= 15 is 0 Å². The highest BCUT2D eigenvalue weighted by atomic mass is 16.5. The minimum absolute atomic E-state index is 0.0545. The van der Waals surface area contributed by atoms with E-state index in [0.717, 1.165) is 11.3 Å². The zero-order valence-corrected chi connectivity index (χ0v) is 11.9. The lowest BCUT2D eigenvalue weighted by Gasteiger charge is -2.10. The van der Waals surface area contributed by atoms with Crippen LogP contribution in [0, 0.1) is 6.92 Å². The van der Waals surface area contributed by atoms with E-state index < -0.39 is 0 Å². The van der Waals surface area contributed by atoms with Crippen LogP contribution in [0.4, 0.5) is 0 Å². The van der Waals surface area contributed by atoms with Gasteiger partial charge in [-0.2, -0.15) is 0 Å². The summed E-state index contributed by atoms with van der Waals surface area (Å²) in [5.41, 5.74) is 7.25. The molecule has 110 valence electrons. The molecule has 1 amide bonds. The predicted octanol–water partition coefficient (Wildman–Crippen LogP) is 0.939. The fourth-order valence-electron chi connectivity index (χ4n) is 1.80. The summed E-state index contributed by atoms with van der Waals surface area (Å²) >= 11 is 0. The molecule has 0 saturated heterocycles. The average molecular weight is 286 g/mol. The molecule has 0 unspecified atom stereocenters. The Kier molecular flexibility index (Phi) is 5.22. The number of aromatic nitrogens is 2. The number of para-hydroxylation sites is 1. The quantitative estimate of drug-likeness (QED) is 0.824. The third kappa shape index (κ3) is 4.54. The van der Waals surface area contributed by atoms with Gasteiger partial charge in [-0.3, -0.25) is 4.79 Å². The Morgan fingerprint density at radius 1 is 1.33 bits per heavy atom.